The Bertz CT molecular complexity index is 442. The summed E-state index contributed by atoms with van der Waals surface area (Å²) in [7, 11) is 1.56. The van der Waals surface area contributed by atoms with Gasteiger partial charge in [-0.05, 0) is 30.9 Å². The van der Waals surface area contributed by atoms with Crippen molar-refractivity contribution in [1.29, 1.82) is 5.26 Å². The topological polar surface area (TPSA) is 65.3 Å². The molecule has 0 spiro atoms. The van der Waals surface area contributed by atoms with Crippen LogP contribution in [0.25, 0.3) is 0 Å². The van der Waals surface area contributed by atoms with E-state index in [0.29, 0.717) is 17.9 Å². The van der Waals surface area contributed by atoms with Crippen molar-refractivity contribution >= 4 is 11.8 Å². The molecule has 104 valence electrons. The lowest BCUT2D eigenvalue weighted by atomic mass is 10.1. The Labute approximate surface area is 118 Å². The van der Waals surface area contributed by atoms with Gasteiger partial charge in [0.05, 0.1) is 19.3 Å². The Morgan fingerprint density at radius 2 is 2.26 bits per heavy atom. The summed E-state index contributed by atoms with van der Waals surface area (Å²) in [5, 5.41) is 21.8. The van der Waals surface area contributed by atoms with Crippen LogP contribution in [0, 0.1) is 11.3 Å². The van der Waals surface area contributed by atoms with E-state index in [2.05, 4.69) is 11.4 Å². The van der Waals surface area contributed by atoms with Gasteiger partial charge in [-0.3, -0.25) is 0 Å². The quantitative estimate of drug-likeness (QED) is 0.797. The van der Waals surface area contributed by atoms with Crippen LogP contribution in [0.3, 0.4) is 0 Å². The minimum Gasteiger partial charge on any atom is -0.495 e. The molecule has 0 radical (unpaired) electrons. The Kier molecular flexibility index (Phi) is 6.71. The lowest BCUT2D eigenvalue weighted by molar-refractivity contribution is 0.276. The molecule has 2 unspecified atom stereocenters. The number of nitriles is 1. The van der Waals surface area contributed by atoms with Gasteiger partial charge in [-0.25, -0.2) is 0 Å². The molecular formula is C14H20N2O2S. The maximum Gasteiger partial charge on any atom is 0.136 e. The molecule has 1 aromatic rings. The second-order valence-corrected chi connectivity index (χ2v) is 5.35. The molecule has 0 aromatic heterocycles. The summed E-state index contributed by atoms with van der Waals surface area (Å²) in [5.41, 5.74) is 1.57. The SMILES string of the molecule is COc1ccc(CNC(C)C(CO)SC)cc1C#N. The van der Waals surface area contributed by atoms with E-state index in [1.54, 1.807) is 24.9 Å². The lowest BCUT2D eigenvalue weighted by Gasteiger charge is -2.21. The Morgan fingerprint density at radius 3 is 2.79 bits per heavy atom. The fourth-order valence-corrected chi connectivity index (χ4v) is 2.45. The highest BCUT2D eigenvalue weighted by Crippen LogP contribution is 2.19. The lowest BCUT2D eigenvalue weighted by Crippen LogP contribution is -2.37. The van der Waals surface area contributed by atoms with Crippen molar-refractivity contribution in [3.05, 3.63) is 29.3 Å². The summed E-state index contributed by atoms with van der Waals surface area (Å²) >= 11 is 1.64. The second kappa shape index (κ2) is 8.05. The molecule has 0 amide bonds. The third-order valence-corrected chi connectivity index (χ3v) is 4.22. The maximum absolute atomic E-state index is 9.22. The normalized spacial score (nSPS) is 13.6. The molecule has 19 heavy (non-hydrogen) atoms. The van der Waals surface area contributed by atoms with Crippen LogP contribution in [0.5, 0.6) is 5.75 Å². The second-order valence-electron chi connectivity index (χ2n) is 4.27. The molecule has 2 atom stereocenters. The van der Waals surface area contributed by atoms with Crippen molar-refractivity contribution in [2.45, 2.75) is 24.8 Å². The molecule has 0 aliphatic heterocycles. The predicted molar refractivity (Wildman–Crippen MR) is 78.4 cm³/mol. The number of aliphatic hydroxyl groups excluding tert-OH is 1. The Hall–Kier alpha value is -1.22. The number of hydrogen-bond acceptors (Lipinski definition) is 5. The molecule has 0 fully saturated rings. The van der Waals surface area contributed by atoms with Crippen molar-refractivity contribution in [3.8, 4) is 11.8 Å². The smallest absolute Gasteiger partial charge is 0.136 e. The van der Waals surface area contributed by atoms with E-state index in [4.69, 9.17) is 10.00 Å². The number of aliphatic hydroxyl groups is 1. The summed E-state index contributed by atoms with van der Waals surface area (Å²) in [6.45, 7) is 2.87. The number of methoxy groups -OCH3 is 1. The Balaban J connectivity index is 2.66. The Morgan fingerprint density at radius 1 is 1.53 bits per heavy atom. The first-order valence-corrected chi connectivity index (χ1v) is 7.39. The van der Waals surface area contributed by atoms with Crippen LogP contribution >= 0.6 is 11.8 Å². The number of rotatable bonds is 7. The number of ether oxygens (including phenoxy) is 1. The summed E-state index contributed by atoms with van der Waals surface area (Å²) in [6, 6.07) is 7.89. The fraction of sp³-hybridized carbons (Fsp3) is 0.500. The molecule has 0 saturated heterocycles. The number of thioether (sulfide) groups is 1. The van der Waals surface area contributed by atoms with Gasteiger partial charge in [-0.2, -0.15) is 17.0 Å². The first-order chi connectivity index (χ1) is 9.15. The zero-order chi connectivity index (χ0) is 14.3. The standard InChI is InChI=1S/C14H20N2O2S/c1-10(14(9-17)19-3)16-8-11-4-5-13(18-2)12(6-11)7-15/h4-6,10,14,16-17H,8-9H2,1-3H3. The number of benzene rings is 1. The van der Waals surface area contributed by atoms with Gasteiger partial charge < -0.3 is 15.2 Å². The average molecular weight is 280 g/mol. The van der Waals surface area contributed by atoms with Crippen LogP contribution in [-0.4, -0.2) is 36.4 Å². The zero-order valence-corrected chi connectivity index (χ0v) is 12.3. The first-order valence-electron chi connectivity index (χ1n) is 6.10. The minimum absolute atomic E-state index is 0.154. The van der Waals surface area contributed by atoms with E-state index in [9.17, 15) is 5.11 Å². The molecule has 0 saturated carbocycles. The van der Waals surface area contributed by atoms with Crippen molar-refractivity contribution in [1.82, 2.24) is 5.32 Å². The largest absolute Gasteiger partial charge is 0.495 e. The summed E-state index contributed by atoms with van der Waals surface area (Å²) in [5.74, 6) is 0.594. The van der Waals surface area contributed by atoms with Crippen LogP contribution < -0.4 is 10.1 Å². The van der Waals surface area contributed by atoms with Crippen LogP contribution in [0.1, 0.15) is 18.1 Å². The van der Waals surface area contributed by atoms with E-state index >= 15 is 0 Å². The van der Waals surface area contributed by atoms with E-state index in [1.165, 1.54) is 0 Å². The molecule has 0 heterocycles. The van der Waals surface area contributed by atoms with E-state index < -0.39 is 0 Å². The van der Waals surface area contributed by atoms with Crippen molar-refractivity contribution in [2.75, 3.05) is 20.0 Å². The molecule has 5 heteroatoms. The van der Waals surface area contributed by atoms with Gasteiger partial charge >= 0.3 is 0 Å². The number of nitrogens with zero attached hydrogens (tertiary/aromatic N) is 1. The third-order valence-electron chi connectivity index (χ3n) is 3.05. The van der Waals surface area contributed by atoms with Crippen LogP contribution in [0.4, 0.5) is 0 Å². The highest BCUT2D eigenvalue weighted by atomic mass is 32.2. The van der Waals surface area contributed by atoms with Gasteiger partial charge in [-0.1, -0.05) is 6.07 Å². The molecular weight excluding hydrogens is 260 g/mol. The van der Waals surface area contributed by atoms with Crippen molar-refractivity contribution in [3.63, 3.8) is 0 Å². The van der Waals surface area contributed by atoms with Crippen LogP contribution in [0.15, 0.2) is 18.2 Å². The van der Waals surface area contributed by atoms with E-state index in [1.807, 2.05) is 25.3 Å². The summed E-state index contributed by atoms with van der Waals surface area (Å²) in [4.78, 5) is 0. The van der Waals surface area contributed by atoms with Crippen LogP contribution in [0.2, 0.25) is 0 Å². The number of nitrogens with one attached hydrogen (secondary N) is 1. The van der Waals surface area contributed by atoms with Crippen molar-refractivity contribution in [2.24, 2.45) is 0 Å². The first kappa shape index (κ1) is 15.8. The number of hydrogen-bond donors (Lipinski definition) is 2. The molecule has 0 aliphatic carbocycles. The van der Waals surface area contributed by atoms with Gasteiger partial charge in [0, 0.05) is 17.8 Å². The van der Waals surface area contributed by atoms with Gasteiger partial charge in [0.2, 0.25) is 0 Å². The molecule has 0 aliphatic rings. The third kappa shape index (κ3) is 4.43. The van der Waals surface area contributed by atoms with Gasteiger partial charge in [0.15, 0.2) is 0 Å². The molecule has 0 bridgehead atoms. The summed E-state index contributed by atoms with van der Waals surface area (Å²) in [6.07, 6.45) is 1.99. The highest BCUT2D eigenvalue weighted by molar-refractivity contribution is 7.99. The van der Waals surface area contributed by atoms with Gasteiger partial charge in [0.25, 0.3) is 0 Å². The molecule has 4 nitrogen and oxygen atoms in total. The van der Waals surface area contributed by atoms with Crippen molar-refractivity contribution < 1.29 is 9.84 Å². The predicted octanol–water partition coefficient (Wildman–Crippen LogP) is 1.77. The van der Waals surface area contributed by atoms with E-state index in [-0.39, 0.29) is 17.9 Å². The fourth-order valence-electron chi connectivity index (χ4n) is 1.80. The molecule has 1 rings (SSSR count). The monoisotopic (exact) mass is 280 g/mol. The zero-order valence-electron chi connectivity index (χ0n) is 11.5. The van der Waals surface area contributed by atoms with E-state index in [0.717, 1.165) is 5.56 Å². The highest BCUT2D eigenvalue weighted by Gasteiger charge is 2.14. The van der Waals surface area contributed by atoms with Crippen LogP contribution in [-0.2, 0) is 6.54 Å². The molecule has 1 aromatic carbocycles. The maximum atomic E-state index is 9.22. The van der Waals surface area contributed by atoms with Gasteiger partial charge in [-0.15, -0.1) is 0 Å². The van der Waals surface area contributed by atoms with Gasteiger partial charge in [0.1, 0.15) is 11.8 Å². The molecule has 2 N–H and O–H groups in total. The summed E-state index contributed by atoms with van der Waals surface area (Å²) < 4.78 is 5.11. The average Bonchev–Trinajstić information content (AvgIpc) is 2.45. The minimum atomic E-state index is 0.154.